The van der Waals surface area contributed by atoms with Crippen molar-refractivity contribution < 1.29 is 0 Å². The van der Waals surface area contributed by atoms with E-state index in [4.69, 9.17) is 5.73 Å². The van der Waals surface area contributed by atoms with Crippen LogP contribution in [0.3, 0.4) is 0 Å². The second kappa shape index (κ2) is 3.72. The quantitative estimate of drug-likeness (QED) is 0.270. The maximum Gasteiger partial charge on any atom is 0.0400 e. The predicted molar refractivity (Wildman–Crippen MR) is 83.4 cm³/mol. The van der Waals surface area contributed by atoms with Crippen molar-refractivity contribution in [2.45, 2.75) is 0 Å². The third kappa shape index (κ3) is 1.48. The summed E-state index contributed by atoms with van der Waals surface area (Å²) in [5.41, 5.74) is 7.01. The van der Waals surface area contributed by atoms with Gasteiger partial charge < -0.3 is 5.73 Å². The topological polar surface area (TPSA) is 26.0 Å². The highest BCUT2D eigenvalue weighted by Gasteiger charge is 2.05. The van der Waals surface area contributed by atoms with Crippen LogP contribution in [0.1, 0.15) is 0 Å². The number of hydrogen-bond donors (Lipinski definition) is 1. The Bertz CT molecular complexity index is 922. The Morgan fingerprint density at radius 3 is 1.95 bits per heavy atom. The molecule has 0 bridgehead atoms. The summed E-state index contributed by atoms with van der Waals surface area (Å²) in [4.78, 5) is 0. The standard InChI is InChI=1S/C18H13N/c19-18-11-14-9-12-5-1-2-6-13(12)10-17(14)15-7-3-4-8-16(15)18/h1-11H,19H2. The van der Waals surface area contributed by atoms with Gasteiger partial charge in [0.05, 0.1) is 0 Å². The molecule has 0 radical (unpaired) electrons. The number of rotatable bonds is 0. The molecule has 2 N–H and O–H groups in total. The first-order valence-electron chi connectivity index (χ1n) is 6.43. The molecule has 0 heterocycles. The van der Waals surface area contributed by atoms with Gasteiger partial charge in [-0.1, -0.05) is 48.5 Å². The summed E-state index contributed by atoms with van der Waals surface area (Å²) in [5, 5.41) is 7.35. The zero-order chi connectivity index (χ0) is 12.8. The SMILES string of the molecule is Nc1cc2cc3ccccc3cc2c2ccccc12. The molecule has 4 rings (SSSR count). The van der Waals surface area contributed by atoms with E-state index in [-0.39, 0.29) is 0 Å². The molecule has 1 heteroatoms. The van der Waals surface area contributed by atoms with E-state index >= 15 is 0 Å². The Kier molecular flexibility index (Phi) is 2.04. The molecular weight excluding hydrogens is 230 g/mol. The van der Waals surface area contributed by atoms with E-state index in [0.717, 1.165) is 11.1 Å². The van der Waals surface area contributed by atoms with Gasteiger partial charge in [-0.25, -0.2) is 0 Å². The fraction of sp³-hybridized carbons (Fsp3) is 0. The lowest BCUT2D eigenvalue weighted by atomic mass is 9.97. The van der Waals surface area contributed by atoms with Crippen molar-refractivity contribution in [3.05, 3.63) is 66.7 Å². The van der Waals surface area contributed by atoms with Crippen LogP contribution in [-0.4, -0.2) is 0 Å². The van der Waals surface area contributed by atoms with Gasteiger partial charge >= 0.3 is 0 Å². The molecule has 0 aromatic heterocycles. The molecule has 0 aliphatic rings. The van der Waals surface area contributed by atoms with Gasteiger partial charge in [0.15, 0.2) is 0 Å². The van der Waals surface area contributed by atoms with Gasteiger partial charge in [0.1, 0.15) is 0 Å². The van der Waals surface area contributed by atoms with Crippen molar-refractivity contribution >= 4 is 38.0 Å². The zero-order valence-electron chi connectivity index (χ0n) is 10.4. The van der Waals surface area contributed by atoms with E-state index in [2.05, 4.69) is 60.7 Å². The van der Waals surface area contributed by atoms with Crippen LogP contribution in [0, 0.1) is 0 Å². The van der Waals surface area contributed by atoms with Crippen LogP contribution in [0.2, 0.25) is 0 Å². The van der Waals surface area contributed by atoms with Gasteiger partial charge in [0.2, 0.25) is 0 Å². The third-order valence-corrected chi connectivity index (χ3v) is 3.76. The molecule has 0 fully saturated rings. The van der Waals surface area contributed by atoms with E-state index in [1.807, 2.05) is 6.07 Å². The van der Waals surface area contributed by atoms with Crippen molar-refractivity contribution in [3.63, 3.8) is 0 Å². The predicted octanol–water partition coefficient (Wildman–Crippen LogP) is 4.73. The Morgan fingerprint density at radius 1 is 0.526 bits per heavy atom. The molecule has 0 unspecified atom stereocenters. The maximum atomic E-state index is 6.17. The highest BCUT2D eigenvalue weighted by molar-refractivity contribution is 6.15. The fourth-order valence-electron chi connectivity index (χ4n) is 2.83. The summed E-state index contributed by atoms with van der Waals surface area (Å²) >= 11 is 0. The van der Waals surface area contributed by atoms with Gasteiger partial charge in [-0.15, -0.1) is 0 Å². The summed E-state index contributed by atoms with van der Waals surface area (Å²) in [6.45, 7) is 0. The van der Waals surface area contributed by atoms with E-state index in [0.29, 0.717) is 0 Å². The van der Waals surface area contributed by atoms with Crippen molar-refractivity contribution in [2.75, 3.05) is 5.73 Å². The van der Waals surface area contributed by atoms with Gasteiger partial charge in [-0.3, -0.25) is 0 Å². The van der Waals surface area contributed by atoms with Crippen LogP contribution in [0.5, 0.6) is 0 Å². The average Bonchev–Trinajstić information content (AvgIpc) is 2.46. The molecule has 19 heavy (non-hydrogen) atoms. The van der Waals surface area contributed by atoms with Crippen LogP contribution in [0.25, 0.3) is 32.3 Å². The van der Waals surface area contributed by atoms with Crippen LogP contribution in [-0.2, 0) is 0 Å². The number of benzene rings is 4. The Balaban J connectivity index is 2.29. The van der Waals surface area contributed by atoms with E-state index < -0.39 is 0 Å². The smallest absolute Gasteiger partial charge is 0.0400 e. The van der Waals surface area contributed by atoms with E-state index in [1.54, 1.807) is 0 Å². The highest BCUT2D eigenvalue weighted by Crippen LogP contribution is 2.32. The van der Waals surface area contributed by atoms with Gasteiger partial charge in [-0.05, 0) is 45.1 Å². The first-order valence-corrected chi connectivity index (χ1v) is 6.43. The maximum absolute atomic E-state index is 6.17. The molecule has 0 amide bonds. The molecule has 0 spiro atoms. The first kappa shape index (κ1) is 10.4. The van der Waals surface area contributed by atoms with Crippen molar-refractivity contribution in [1.82, 2.24) is 0 Å². The van der Waals surface area contributed by atoms with Crippen LogP contribution in [0.4, 0.5) is 5.69 Å². The van der Waals surface area contributed by atoms with E-state index in [1.165, 1.54) is 26.9 Å². The normalized spacial score (nSPS) is 11.4. The van der Waals surface area contributed by atoms with Crippen LogP contribution >= 0.6 is 0 Å². The Hall–Kier alpha value is -2.54. The lowest BCUT2D eigenvalue weighted by molar-refractivity contribution is 1.76. The number of nitrogens with two attached hydrogens (primary N) is 1. The summed E-state index contributed by atoms with van der Waals surface area (Å²) in [5.74, 6) is 0. The molecule has 0 aliphatic carbocycles. The van der Waals surface area contributed by atoms with Gasteiger partial charge in [-0.2, -0.15) is 0 Å². The number of anilines is 1. The second-order valence-corrected chi connectivity index (χ2v) is 4.93. The van der Waals surface area contributed by atoms with Crippen LogP contribution in [0.15, 0.2) is 66.7 Å². The molecule has 0 aliphatic heterocycles. The molecule has 0 saturated carbocycles. The Labute approximate surface area is 111 Å². The largest absolute Gasteiger partial charge is 0.398 e. The minimum atomic E-state index is 0.846. The minimum absolute atomic E-state index is 0.846. The minimum Gasteiger partial charge on any atom is -0.398 e. The highest BCUT2D eigenvalue weighted by atomic mass is 14.5. The monoisotopic (exact) mass is 243 g/mol. The number of hydrogen-bond acceptors (Lipinski definition) is 1. The molecule has 4 aromatic carbocycles. The molecule has 4 aromatic rings. The lowest BCUT2D eigenvalue weighted by Gasteiger charge is -2.08. The summed E-state index contributed by atoms with van der Waals surface area (Å²) in [7, 11) is 0. The van der Waals surface area contributed by atoms with E-state index in [9.17, 15) is 0 Å². The fourth-order valence-corrected chi connectivity index (χ4v) is 2.83. The zero-order valence-corrected chi connectivity index (χ0v) is 10.4. The van der Waals surface area contributed by atoms with Gasteiger partial charge in [0, 0.05) is 11.1 Å². The average molecular weight is 243 g/mol. The first-order chi connectivity index (χ1) is 9.33. The molecule has 90 valence electrons. The molecule has 0 atom stereocenters. The summed E-state index contributed by atoms with van der Waals surface area (Å²) < 4.78 is 0. The lowest BCUT2D eigenvalue weighted by Crippen LogP contribution is -1.88. The van der Waals surface area contributed by atoms with Crippen LogP contribution < -0.4 is 5.73 Å². The molecule has 0 saturated heterocycles. The molecule has 1 nitrogen and oxygen atoms in total. The molecular formula is C18H13N. The van der Waals surface area contributed by atoms with Crippen molar-refractivity contribution in [3.8, 4) is 0 Å². The van der Waals surface area contributed by atoms with Crippen molar-refractivity contribution in [2.24, 2.45) is 0 Å². The summed E-state index contributed by atoms with van der Waals surface area (Å²) in [6, 6.07) is 23.3. The number of fused-ring (bicyclic) bond motifs is 4. The summed E-state index contributed by atoms with van der Waals surface area (Å²) in [6.07, 6.45) is 0. The van der Waals surface area contributed by atoms with Crippen molar-refractivity contribution in [1.29, 1.82) is 0 Å². The third-order valence-electron chi connectivity index (χ3n) is 3.76. The number of nitrogen functional groups attached to an aromatic ring is 1. The Morgan fingerprint density at radius 2 is 1.16 bits per heavy atom. The van der Waals surface area contributed by atoms with Gasteiger partial charge in [0.25, 0.3) is 0 Å². The second-order valence-electron chi connectivity index (χ2n) is 4.93.